The van der Waals surface area contributed by atoms with Crippen molar-refractivity contribution in [1.82, 2.24) is 14.9 Å². The van der Waals surface area contributed by atoms with E-state index in [1.54, 1.807) is 20.2 Å². The van der Waals surface area contributed by atoms with Crippen LogP contribution < -0.4 is 5.32 Å². The van der Waals surface area contributed by atoms with E-state index in [1.165, 1.54) is 0 Å². The summed E-state index contributed by atoms with van der Waals surface area (Å²) in [6.07, 6.45) is 3.64. The number of carbonyl (C=O) groups is 1. The minimum Gasteiger partial charge on any atom is -0.465 e. The Balaban J connectivity index is 2.73. The Morgan fingerprint density at radius 1 is 1.59 bits per heavy atom. The van der Waals surface area contributed by atoms with E-state index in [4.69, 9.17) is 4.74 Å². The van der Waals surface area contributed by atoms with E-state index in [2.05, 4.69) is 24.1 Å². The molecule has 1 aromatic rings. The summed E-state index contributed by atoms with van der Waals surface area (Å²) in [5.41, 5.74) is 0. The quantitative estimate of drug-likeness (QED) is 0.757. The van der Waals surface area contributed by atoms with Crippen molar-refractivity contribution < 1.29 is 9.53 Å². The van der Waals surface area contributed by atoms with E-state index < -0.39 is 0 Å². The molecule has 0 fully saturated rings. The Labute approximate surface area is 102 Å². The monoisotopic (exact) mass is 239 g/mol. The molecule has 0 aliphatic carbocycles. The Kier molecular flexibility index (Phi) is 5.15. The van der Waals surface area contributed by atoms with Gasteiger partial charge in [-0.15, -0.1) is 0 Å². The summed E-state index contributed by atoms with van der Waals surface area (Å²) in [5.74, 6) is 1.10. The van der Waals surface area contributed by atoms with Gasteiger partial charge < -0.3 is 14.6 Å². The Morgan fingerprint density at radius 2 is 2.29 bits per heavy atom. The molecule has 0 bridgehead atoms. The smallest absolute Gasteiger partial charge is 0.324 e. The molecule has 5 heteroatoms. The van der Waals surface area contributed by atoms with Crippen molar-refractivity contribution in [2.75, 3.05) is 13.7 Å². The average molecular weight is 239 g/mol. The van der Waals surface area contributed by atoms with Gasteiger partial charge in [-0.2, -0.15) is 0 Å². The van der Waals surface area contributed by atoms with Crippen LogP contribution in [-0.2, 0) is 16.1 Å². The lowest BCUT2D eigenvalue weighted by molar-refractivity contribution is -0.145. The summed E-state index contributed by atoms with van der Waals surface area (Å²) in [6.45, 7) is 6.91. The molecule has 1 rings (SSSR count). The molecule has 5 nitrogen and oxygen atoms in total. The molecule has 0 saturated carbocycles. The molecule has 1 unspecified atom stereocenters. The normalized spacial score (nSPS) is 12.8. The van der Waals surface area contributed by atoms with Crippen LogP contribution in [0.25, 0.3) is 0 Å². The van der Waals surface area contributed by atoms with Crippen LogP contribution in [-0.4, -0.2) is 35.2 Å². The number of aromatic nitrogens is 2. The van der Waals surface area contributed by atoms with Crippen molar-refractivity contribution in [3.63, 3.8) is 0 Å². The zero-order valence-electron chi connectivity index (χ0n) is 10.9. The van der Waals surface area contributed by atoms with Gasteiger partial charge in [0.2, 0.25) is 0 Å². The van der Waals surface area contributed by atoms with Gasteiger partial charge in [0.05, 0.1) is 6.61 Å². The number of nitrogens with zero attached hydrogens (tertiary/aromatic N) is 2. The van der Waals surface area contributed by atoms with Gasteiger partial charge >= 0.3 is 5.97 Å². The molecule has 0 saturated heterocycles. The third-order valence-corrected chi connectivity index (χ3v) is 2.56. The molecule has 0 radical (unpaired) electrons. The van der Waals surface area contributed by atoms with Crippen molar-refractivity contribution in [2.45, 2.75) is 39.3 Å². The maximum atomic E-state index is 11.7. The minimum absolute atomic E-state index is 0.224. The minimum atomic E-state index is -0.332. The second-order valence-electron chi connectivity index (χ2n) is 4.19. The fourth-order valence-corrected chi connectivity index (χ4v) is 1.70. The second-order valence-corrected chi connectivity index (χ2v) is 4.19. The van der Waals surface area contributed by atoms with E-state index in [0.29, 0.717) is 19.1 Å². The number of ether oxygens (including phenoxy) is 1. The Bertz CT molecular complexity index is 360. The van der Waals surface area contributed by atoms with Crippen molar-refractivity contribution in [3.8, 4) is 0 Å². The number of rotatable bonds is 6. The van der Waals surface area contributed by atoms with Crippen molar-refractivity contribution in [3.05, 3.63) is 18.2 Å². The molecule has 0 spiro atoms. The first-order valence-corrected chi connectivity index (χ1v) is 5.95. The lowest BCUT2D eigenvalue weighted by atomic mass is 10.2. The van der Waals surface area contributed by atoms with Crippen molar-refractivity contribution in [2.24, 2.45) is 0 Å². The van der Waals surface area contributed by atoms with Crippen LogP contribution >= 0.6 is 0 Å². The first-order chi connectivity index (χ1) is 8.10. The molecule has 1 heterocycles. The third kappa shape index (κ3) is 3.56. The fraction of sp³-hybridized carbons (Fsp3) is 0.667. The van der Waals surface area contributed by atoms with E-state index in [1.807, 2.05) is 10.8 Å². The van der Waals surface area contributed by atoms with Crippen molar-refractivity contribution >= 4 is 5.97 Å². The highest BCUT2D eigenvalue weighted by Gasteiger charge is 2.19. The van der Waals surface area contributed by atoms with Crippen LogP contribution in [0.4, 0.5) is 0 Å². The number of esters is 1. The van der Waals surface area contributed by atoms with Crippen molar-refractivity contribution in [1.29, 1.82) is 0 Å². The standard InChI is InChI=1S/C12H21N3O2/c1-5-17-12(16)10(13-4)8-15-7-6-14-11(15)9(2)3/h6-7,9-10,13H,5,8H2,1-4H3. The molecule has 1 N–H and O–H groups in total. The molecule has 1 atom stereocenters. The predicted molar refractivity (Wildman–Crippen MR) is 65.8 cm³/mol. The van der Waals surface area contributed by atoms with Crippen LogP contribution in [0.3, 0.4) is 0 Å². The number of likely N-dealkylation sites (N-methyl/N-ethyl adjacent to an activating group) is 1. The molecule has 0 aromatic carbocycles. The van der Waals surface area contributed by atoms with Crippen LogP contribution in [0.15, 0.2) is 12.4 Å². The first kappa shape index (κ1) is 13.7. The highest BCUT2D eigenvalue weighted by Crippen LogP contribution is 2.12. The maximum absolute atomic E-state index is 11.7. The first-order valence-electron chi connectivity index (χ1n) is 5.95. The molecule has 1 aromatic heterocycles. The Morgan fingerprint density at radius 3 is 2.82 bits per heavy atom. The third-order valence-electron chi connectivity index (χ3n) is 2.56. The molecule has 96 valence electrons. The molecule has 17 heavy (non-hydrogen) atoms. The zero-order valence-corrected chi connectivity index (χ0v) is 10.9. The number of nitrogens with one attached hydrogen (secondary N) is 1. The number of carbonyl (C=O) groups excluding carboxylic acids is 1. The molecular weight excluding hydrogens is 218 g/mol. The number of imidazole rings is 1. The van der Waals surface area contributed by atoms with Gasteiger partial charge in [0.25, 0.3) is 0 Å². The summed E-state index contributed by atoms with van der Waals surface area (Å²) in [6, 6.07) is -0.332. The lowest BCUT2D eigenvalue weighted by Crippen LogP contribution is -2.39. The van der Waals surface area contributed by atoms with E-state index >= 15 is 0 Å². The summed E-state index contributed by atoms with van der Waals surface area (Å²) < 4.78 is 7.00. The second kappa shape index (κ2) is 6.39. The summed E-state index contributed by atoms with van der Waals surface area (Å²) in [5, 5.41) is 2.97. The SMILES string of the molecule is CCOC(=O)C(Cn1ccnc1C(C)C)NC. The fourth-order valence-electron chi connectivity index (χ4n) is 1.70. The van der Waals surface area contributed by atoms with Crippen LogP contribution in [0, 0.1) is 0 Å². The summed E-state index contributed by atoms with van der Waals surface area (Å²) in [4.78, 5) is 16.0. The summed E-state index contributed by atoms with van der Waals surface area (Å²) in [7, 11) is 1.76. The molecule has 0 aliphatic rings. The van der Waals surface area contributed by atoms with Gasteiger partial charge in [0.1, 0.15) is 11.9 Å². The predicted octanol–water partition coefficient (Wildman–Crippen LogP) is 1.16. The largest absolute Gasteiger partial charge is 0.465 e. The topological polar surface area (TPSA) is 56.2 Å². The van der Waals surface area contributed by atoms with Gasteiger partial charge in [-0.25, -0.2) is 4.98 Å². The maximum Gasteiger partial charge on any atom is 0.324 e. The highest BCUT2D eigenvalue weighted by molar-refractivity contribution is 5.75. The highest BCUT2D eigenvalue weighted by atomic mass is 16.5. The average Bonchev–Trinajstić information content (AvgIpc) is 2.74. The van der Waals surface area contributed by atoms with Gasteiger partial charge in [-0.05, 0) is 14.0 Å². The lowest BCUT2D eigenvalue weighted by Gasteiger charge is -2.17. The van der Waals surface area contributed by atoms with E-state index in [-0.39, 0.29) is 12.0 Å². The molecular formula is C12H21N3O2. The van der Waals surface area contributed by atoms with Gasteiger partial charge in [0.15, 0.2) is 0 Å². The van der Waals surface area contributed by atoms with Gasteiger partial charge in [-0.3, -0.25) is 4.79 Å². The van der Waals surface area contributed by atoms with Gasteiger partial charge in [-0.1, -0.05) is 13.8 Å². The zero-order chi connectivity index (χ0) is 12.8. The summed E-state index contributed by atoms with van der Waals surface area (Å²) >= 11 is 0. The Hall–Kier alpha value is -1.36. The van der Waals surface area contributed by atoms with Crippen LogP contribution in [0.2, 0.25) is 0 Å². The molecule has 0 amide bonds. The van der Waals surface area contributed by atoms with Gasteiger partial charge in [0, 0.05) is 24.9 Å². The number of hydrogen-bond acceptors (Lipinski definition) is 4. The van der Waals surface area contributed by atoms with E-state index in [0.717, 1.165) is 5.82 Å². The van der Waals surface area contributed by atoms with Crippen LogP contribution in [0.5, 0.6) is 0 Å². The number of hydrogen-bond donors (Lipinski definition) is 1. The molecule has 0 aliphatic heterocycles. The van der Waals surface area contributed by atoms with Crippen LogP contribution in [0.1, 0.15) is 32.5 Å². The van der Waals surface area contributed by atoms with E-state index in [9.17, 15) is 4.79 Å².